The molecule has 3 rings (SSSR count). The Bertz CT molecular complexity index is 756. The first-order valence-corrected chi connectivity index (χ1v) is 9.42. The molecule has 2 aromatic rings. The molecule has 1 atom stereocenters. The summed E-state index contributed by atoms with van der Waals surface area (Å²) in [5.74, 6) is 1.65. The van der Waals surface area contributed by atoms with Gasteiger partial charge >= 0.3 is 6.09 Å². The number of ether oxygens (including phenoxy) is 1. The minimum atomic E-state index is -0.485. The number of carbonyl (C=O) groups is 1. The molecular weight excluding hydrogens is 344 g/mol. The molecule has 146 valence electrons. The number of rotatable bonds is 4. The lowest BCUT2D eigenvalue weighted by molar-refractivity contribution is 0.0211. The molecule has 8 heteroatoms. The van der Waals surface area contributed by atoms with Crippen LogP contribution in [0.2, 0.25) is 0 Å². The van der Waals surface area contributed by atoms with E-state index in [9.17, 15) is 4.79 Å². The van der Waals surface area contributed by atoms with Crippen LogP contribution in [0.15, 0.2) is 31.1 Å². The van der Waals surface area contributed by atoms with E-state index in [2.05, 4.69) is 26.8 Å². The molecule has 1 saturated heterocycles. The molecule has 0 radical (unpaired) electrons. The van der Waals surface area contributed by atoms with E-state index in [1.165, 1.54) is 0 Å². The van der Waals surface area contributed by atoms with Crippen LogP contribution in [-0.2, 0) is 4.74 Å². The lowest BCUT2D eigenvalue weighted by atomic mass is 10.1. The van der Waals surface area contributed by atoms with Crippen molar-refractivity contribution in [3.63, 3.8) is 0 Å². The summed E-state index contributed by atoms with van der Waals surface area (Å²) in [4.78, 5) is 29.4. The number of carbonyl (C=O) groups excluding carboxylic acids is 1. The van der Waals surface area contributed by atoms with Crippen molar-refractivity contribution in [2.45, 2.75) is 52.2 Å². The first-order chi connectivity index (χ1) is 12.9. The Balaban J connectivity index is 1.76. The summed E-state index contributed by atoms with van der Waals surface area (Å²) >= 11 is 0. The van der Waals surface area contributed by atoms with Crippen LogP contribution in [0.3, 0.4) is 0 Å². The molecule has 0 saturated carbocycles. The molecule has 2 aromatic heterocycles. The normalized spacial score (nSPS) is 17.9. The molecule has 3 heterocycles. The highest BCUT2D eigenvalue weighted by atomic mass is 16.6. The third kappa shape index (κ3) is 4.75. The lowest BCUT2D eigenvalue weighted by Gasteiger charge is -2.42. The van der Waals surface area contributed by atoms with Gasteiger partial charge in [0, 0.05) is 44.1 Å². The molecule has 0 spiro atoms. The van der Waals surface area contributed by atoms with Crippen LogP contribution in [-0.4, -0.2) is 61.8 Å². The monoisotopic (exact) mass is 372 g/mol. The van der Waals surface area contributed by atoms with Crippen molar-refractivity contribution in [1.29, 1.82) is 0 Å². The van der Waals surface area contributed by atoms with Crippen LogP contribution in [0.4, 0.5) is 10.6 Å². The standard InChI is InChI=1S/C19H28N6O2/c1-5-6-15-12-23(18(26)27-19(2,3)4)9-10-25(15)17-11-16(21-13-22-17)24-8-7-20-14-24/h7-8,11,13-15H,5-6,9-10,12H2,1-4H3. The maximum absolute atomic E-state index is 12.5. The van der Waals surface area contributed by atoms with Gasteiger partial charge in [-0.2, -0.15) is 0 Å². The van der Waals surface area contributed by atoms with Crippen LogP contribution in [0.5, 0.6) is 0 Å². The van der Waals surface area contributed by atoms with Gasteiger partial charge in [0.2, 0.25) is 0 Å². The highest BCUT2D eigenvalue weighted by Crippen LogP contribution is 2.23. The zero-order chi connectivity index (χ0) is 19.4. The second-order valence-corrected chi connectivity index (χ2v) is 7.77. The second-order valence-electron chi connectivity index (χ2n) is 7.77. The van der Waals surface area contributed by atoms with Crippen LogP contribution in [0, 0.1) is 0 Å². The van der Waals surface area contributed by atoms with Crippen LogP contribution in [0.1, 0.15) is 40.5 Å². The summed E-state index contributed by atoms with van der Waals surface area (Å²) in [5.41, 5.74) is -0.485. The molecule has 1 unspecified atom stereocenters. The van der Waals surface area contributed by atoms with E-state index < -0.39 is 5.60 Å². The topological polar surface area (TPSA) is 76.4 Å². The number of imidazole rings is 1. The zero-order valence-electron chi connectivity index (χ0n) is 16.5. The SMILES string of the molecule is CCCC1CN(C(=O)OC(C)(C)C)CCN1c1cc(-n2ccnc2)ncn1. The molecule has 8 nitrogen and oxygen atoms in total. The van der Waals surface area contributed by atoms with Crippen molar-refractivity contribution in [1.82, 2.24) is 24.4 Å². The van der Waals surface area contributed by atoms with Crippen molar-refractivity contribution in [2.75, 3.05) is 24.5 Å². The summed E-state index contributed by atoms with van der Waals surface area (Å²) in [6.45, 7) is 9.79. The summed E-state index contributed by atoms with van der Waals surface area (Å²) in [6.07, 6.45) is 8.64. The average molecular weight is 372 g/mol. The average Bonchev–Trinajstić information content (AvgIpc) is 3.15. The predicted octanol–water partition coefficient (Wildman–Crippen LogP) is 2.89. The predicted molar refractivity (Wildman–Crippen MR) is 103 cm³/mol. The van der Waals surface area contributed by atoms with Gasteiger partial charge in [-0.25, -0.2) is 19.7 Å². The van der Waals surface area contributed by atoms with Gasteiger partial charge < -0.3 is 14.5 Å². The van der Waals surface area contributed by atoms with Gasteiger partial charge in [0.05, 0.1) is 0 Å². The van der Waals surface area contributed by atoms with E-state index in [0.29, 0.717) is 19.6 Å². The Labute approximate surface area is 160 Å². The van der Waals surface area contributed by atoms with E-state index in [0.717, 1.165) is 24.5 Å². The van der Waals surface area contributed by atoms with E-state index in [1.54, 1.807) is 23.8 Å². The zero-order valence-corrected chi connectivity index (χ0v) is 16.5. The first kappa shape index (κ1) is 19.1. The summed E-state index contributed by atoms with van der Waals surface area (Å²) in [7, 11) is 0. The molecule has 0 bridgehead atoms. The van der Waals surface area contributed by atoms with Crippen LogP contribution < -0.4 is 4.90 Å². The minimum absolute atomic E-state index is 0.196. The van der Waals surface area contributed by atoms with Crippen molar-refractivity contribution >= 4 is 11.9 Å². The number of hydrogen-bond acceptors (Lipinski definition) is 6. The molecule has 0 N–H and O–H groups in total. The molecule has 1 aliphatic rings. The fourth-order valence-corrected chi connectivity index (χ4v) is 3.26. The number of piperazine rings is 1. The smallest absolute Gasteiger partial charge is 0.410 e. The van der Waals surface area contributed by atoms with Gasteiger partial charge in [-0.05, 0) is 27.2 Å². The fourth-order valence-electron chi connectivity index (χ4n) is 3.26. The minimum Gasteiger partial charge on any atom is -0.444 e. The van der Waals surface area contributed by atoms with Gasteiger partial charge in [0.25, 0.3) is 0 Å². The van der Waals surface area contributed by atoms with Crippen molar-refractivity contribution in [2.24, 2.45) is 0 Å². The van der Waals surface area contributed by atoms with E-state index in [-0.39, 0.29) is 12.1 Å². The van der Waals surface area contributed by atoms with Crippen molar-refractivity contribution in [3.8, 4) is 5.82 Å². The Morgan fingerprint density at radius 3 is 2.70 bits per heavy atom. The Kier molecular flexibility index (Phi) is 5.62. The number of aromatic nitrogens is 4. The Hall–Kier alpha value is -2.64. The number of nitrogens with zero attached hydrogens (tertiary/aromatic N) is 6. The number of anilines is 1. The Morgan fingerprint density at radius 2 is 2.04 bits per heavy atom. The second kappa shape index (κ2) is 7.94. The van der Waals surface area contributed by atoms with Gasteiger partial charge in [0.1, 0.15) is 29.9 Å². The van der Waals surface area contributed by atoms with Gasteiger partial charge in [-0.3, -0.25) is 4.57 Å². The van der Waals surface area contributed by atoms with Crippen molar-refractivity contribution in [3.05, 3.63) is 31.1 Å². The fraction of sp³-hybridized carbons (Fsp3) is 0.579. The van der Waals surface area contributed by atoms with Gasteiger partial charge in [0.15, 0.2) is 0 Å². The Morgan fingerprint density at radius 1 is 1.26 bits per heavy atom. The highest BCUT2D eigenvalue weighted by molar-refractivity contribution is 5.68. The first-order valence-electron chi connectivity index (χ1n) is 9.42. The maximum Gasteiger partial charge on any atom is 0.410 e. The largest absolute Gasteiger partial charge is 0.444 e. The van der Waals surface area contributed by atoms with Crippen LogP contribution in [0.25, 0.3) is 5.82 Å². The molecule has 27 heavy (non-hydrogen) atoms. The van der Waals surface area contributed by atoms with Gasteiger partial charge in [-0.15, -0.1) is 0 Å². The third-order valence-electron chi connectivity index (χ3n) is 4.46. The molecule has 0 aromatic carbocycles. The molecule has 0 aliphatic carbocycles. The quantitative estimate of drug-likeness (QED) is 0.821. The van der Waals surface area contributed by atoms with Gasteiger partial charge in [-0.1, -0.05) is 13.3 Å². The maximum atomic E-state index is 12.5. The van der Waals surface area contributed by atoms with E-state index in [1.807, 2.05) is 37.6 Å². The molecule has 1 fully saturated rings. The van der Waals surface area contributed by atoms with Crippen molar-refractivity contribution < 1.29 is 9.53 Å². The highest BCUT2D eigenvalue weighted by Gasteiger charge is 2.32. The summed E-state index contributed by atoms with van der Waals surface area (Å²) in [5, 5.41) is 0. The lowest BCUT2D eigenvalue weighted by Crippen LogP contribution is -2.56. The molecule has 1 aliphatic heterocycles. The summed E-state index contributed by atoms with van der Waals surface area (Å²) in [6, 6.07) is 2.16. The number of amides is 1. The molecular formula is C19H28N6O2. The summed E-state index contributed by atoms with van der Waals surface area (Å²) < 4.78 is 7.40. The third-order valence-corrected chi connectivity index (χ3v) is 4.46. The van der Waals surface area contributed by atoms with E-state index >= 15 is 0 Å². The number of hydrogen-bond donors (Lipinski definition) is 0. The van der Waals surface area contributed by atoms with E-state index in [4.69, 9.17) is 4.74 Å². The molecule has 1 amide bonds. The van der Waals surface area contributed by atoms with Crippen LogP contribution >= 0.6 is 0 Å².